The monoisotopic (exact) mass is 210 g/mol. The Morgan fingerprint density at radius 2 is 1.36 bits per heavy atom. The first-order valence-electron chi connectivity index (χ1n) is 1.98. The Morgan fingerprint density at radius 3 is 1.64 bits per heavy atom. The Kier molecular flexibility index (Phi) is 6.54. The van der Waals surface area contributed by atoms with Crippen molar-refractivity contribution in [2.45, 2.75) is 0 Å². The van der Waals surface area contributed by atoms with Crippen LogP contribution in [0.25, 0.3) is 0 Å². The highest BCUT2D eigenvalue weighted by Gasteiger charge is 2.28. The Morgan fingerprint density at radius 1 is 1.00 bits per heavy atom. The van der Waals surface area contributed by atoms with Gasteiger partial charge in [0.15, 0.2) is 0 Å². The van der Waals surface area contributed by atoms with Crippen LogP contribution in [0, 0.1) is 0 Å². The molecule has 0 aliphatic carbocycles. The lowest BCUT2D eigenvalue weighted by atomic mass is 11.6. The largest absolute Gasteiger partial charge is 0.735 e. The summed E-state index contributed by atoms with van der Waals surface area (Å²) in [6.07, 6.45) is 0. The zero-order valence-corrected chi connectivity index (χ0v) is 6.60. The van der Waals surface area contributed by atoms with Crippen molar-refractivity contribution in [2.24, 2.45) is 0 Å². The van der Waals surface area contributed by atoms with E-state index in [9.17, 15) is 18.2 Å². The van der Waals surface area contributed by atoms with E-state index in [1.807, 2.05) is 0 Å². The van der Waals surface area contributed by atoms with E-state index in [-0.39, 0.29) is 0 Å². The minimum atomic E-state index is -2.96. The molecule has 0 rings (SSSR count). The van der Waals surface area contributed by atoms with Crippen molar-refractivity contribution in [3.8, 4) is 0 Å². The quantitative estimate of drug-likeness (QED) is 0.493. The molecule has 2 atom stereocenters. The van der Waals surface area contributed by atoms with Gasteiger partial charge in [0.25, 0.3) is 6.79 Å². The topological polar surface area (TPSA) is 71.1 Å². The standard InChI is InChI=1S/CH2F2O6P2/c2-8-10(4)6-1-7-11(5)9-3/h1H2/q+2. The van der Waals surface area contributed by atoms with Crippen molar-refractivity contribution in [3.63, 3.8) is 0 Å². The molecule has 64 valence electrons. The van der Waals surface area contributed by atoms with Crippen LogP contribution in [-0.4, -0.2) is 6.79 Å². The second-order valence-electron chi connectivity index (χ2n) is 0.961. The van der Waals surface area contributed by atoms with Gasteiger partial charge < -0.3 is 0 Å². The summed E-state index contributed by atoms with van der Waals surface area (Å²) in [5.41, 5.74) is 0. The van der Waals surface area contributed by atoms with Gasteiger partial charge in [0.2, 0.25) is 0 Å². The van der Waals surface area contributed by atoms with Gasteiger partial charge in [-0.25, -0.2) is 0 Å². The third kappa shape index (κ3) is 6.30. The van der Waals surface area contributed by atoms with E-state index in [1.54, 1.807) is 0 Å². The highest BCUT2D eigenvalue weighted by atomic mass is 31.1. The average molecular weight is 210 g/mol. The fourth-order valence-electron chi connectivity index (χ4n) is 0.149. The van der Waals surface area contributed by atoms with Crippen LogP contribution in [0.4, 0.5) is 9.05 Å². The zero-order chi connectivity index (χ0) is 8.69. The highest BCUT2D eigenvalue weighted by Crippen LogP contribution is 2.28. The van der Waals surface area contributed by atoms with Crippen LogP contribution in [0.1, 0.15) is 0 Å². The van der Waals surface area contributed by atoms with Gasteiger partial charge in [0.1, 0.15) is 9.46 Å². The van der Waals surface area contributed by atoms with E-state index in [0.29, 0.717) is 0 Å². The van der Waals surface area contributed by atoms with E-state index >= 15 is 0 Å². The van der Waals surface area contributed by atoms with E-state index in [2.05, 4.69) is 18.5 Å². The molecule has 0 aliphatic heterocycles. The van der Waals surface area contributed by atoms with Gasteiger partial charge in [-0.3, -0.25) is 0 Å². The summed E-state index contributed by atoms with van der Waals surface area (Å²) >= 11 is 0. The molecule has 0 fully saturated rings. The molecule has 10 heteroatoms. The lowest BCUT2D eigenvalue weighted by Crippen LogP contribution is -1.86. The molecule has 0 aromatic heterocycles. The molecule has 0 saturated carbocycles. The second-order valence-corrected chi connectivity index (χ2v) is 2.65. The van der Waals surface area contributed by atoms with Crippen molar-refractivity contribution in [2.75, 3.05) is 6.79 Å². The number of hydrogen-bond acceptors (Lipinski definition) is 6. The molecule has 0 heterocycles. The molecule has 0 spiro atoms. The van der Waals surface area contributed by atoms with Crippen molar-refractivity contribution in [1.82, 2.24) is 0 Å². The second kappa shape index (κ2) is 6.60. The zero-order valence-electron chi connectivity index (χ0n) is 4.81. The predicted molar refractivity (Wildman–Crippen MR) is 26.6 cm³/mol. The third-order valence-corrected chi connectivity index (χ3v) is 1.29. The van der Waals surface area contributed by atoms with Crippen LogP contribution >= 0.6 is 16.5 Å². The Labute approximate surface area is 61.1 Å². The van der Waals surface area contributed by atoms with E-state index < -0.39 is 23.3 Å². The molecule has 0 radical (unpaired) electrons. The molecule has 0 saturated heterocycles. The first-order valence-corrected chi connectivity index (χ1v) is 4.17. The maximum atomic E-state index is 10.9. The van der Waals surface area contributed by atoms with Gasteiger partial charge in [0.05, 0.1) is 0 Å². The molecule has 0 aliphatic rings. The molecule has 0 N–H and O–H groups in total. The predicted octanol–water partition coefficient (Wildman–Crippen LogP) is 2.09. The van der Waals surface area contributed by atoms with Gasteiger partial charge in [-0.05, 0) is 0 Å². The molecule has 2 unspecified atom stereocenters. The fraction of sp³-hybridized carbons (Fsp3) is 1.00. The average Bonchev–Trinajstić information content (AvgIpc) is 2.04. The number of rotatable bonds is 6. The Hall–Kier alpha value is -0.100. The SMILES string of the molecule is O=[P+](OF)OCO[P+](=O)OF. The van der Waals surface area contributed by atoms with Crippen LogP contribution in [-0.2, 0) is 27.6 Å². The number of hydrogen-bond donors (Lipinski definition) is 0. The molecular weight excluding hydrogens is 208 g/mol. The lowest BCUT2D eigenvalue weighted by Gasteiger charge is -1.76. The fourth-order valence-corrected chi connectivity index (χ4v) is 0.590. The van der Waals surface area contributed by atoms with Crippen molar-refractivity contribution in [3.05, 3.63) is 0 Å². The van der Waals surface area contributed by atoms with Crippen LogP contribution in [0.2, 0.25) is 0 Å². The van der Waals surface area contributed by atoms with Crippen LogP contribution < -0.4 is 0 Å². The normalized spacial score (nSPS) is 12.9. The Balaban J connectivity index is 3.27. The third-order valence-electron chi connectivity index (χ3n) is 0.429. The lowest BCUT2D eigenvalue weighted by molar-refractivity contribution is -0.0425. The summed E-state index contributed by atoms with van der Waals surface area (Å²) in [4.78, 5) is 0. The molecule has 0 bridgehead atoms. The van der Waals surface area contributed by atoms with Crippen molar-refractivity contribution >= 4 is 16.5 Å². The first kappa shape index (κ1) is 10.9. The molecular formula is CH2F2O6P2+2. The van der Waals surface area contributed by atoms with Crippen LogP contribution in [0.5, 0.6) is 0 Å². The van der Waals surface area contributed by atoms with Crippen molar-refractivity contribution < 1.29 is 36.7 Å². The van der Waals surface area contributed by atoms with Gasteiger partial charge in [-0.1, -0.05) is 9.05 Å². The van der Waals surface area contributed by atoms with E-state index in [1.165, 1.54) is 0 Å². The summed E-state index contributed by atoms with van der Waals surface area (Å²) in [7, 11) is -5.92. The molecule has 0 aromatic rings. The molecule has 0 aromatic carbocycles. The van der Waals surface area contributed by atoms with E-state index in [4.69, 9.17) is 0 Å². The Bertz CT molecular complexity index is 134. The first-order chi connectivity index (χ1) is 5.20. The van der Waals surface area contributed by atoms with Gasteiger partial charge in [0, 0.05) is 18.2 Å². The maximum absolute atomic E-state index is 10.9. The van der Waals surface area contributed by atoms with Crippen molar-refractivity contribution in [1.29, 1.82) is 0 Å². The number of halogens is 2. The summed E-state index contributed by atoms with van der Waals surface area (Å²) in [6.45, 7) is -0.863. The minimum Gasteiger partial charge on any atom is -0.0831 e. The smallest absolute Gasteiger partial charge is 0.0831 e. The molecule has 11 heavy (non-hydrogen) atoms. The summed E-state index contributed by atoms with van der Waals surface area (Å²) in [5.74, 6) is 0. The van der Waals surface area contributed by atoms with Gasteiger partial charge >= 0.3 is 16.5 Å². The van der Waals surface area contributed by atoms with E-state index in [0.717, 1.165) is 0 Å². The highest BCUT2D eigenvalue weighted by molar-refractivity contribution is 7.33. The van der Waals surface area contributed by atoms with Gasteiger partial charge in [-0.15, -0.1) is 0 Å². The van der Waals surface area contributed by atoms with Crippen LogP contribution in [0.15, 0.2) is 0 Å². The van der Waals surface area contributed by atoms with Gasteiger partial charge in [-0.2, -0.15) is 0 Å². The summed E-state index contributed by atoms with van der Waals surface area (Å²) in [5, 5.41) is 0. The molecule has 0 amide bonds. The molecule has 6 nitrogen and oxygen atoms in total. The maximum Gasteiger partial charge on any atom is 0.735 e. The summed E-state index contributed by atoms with van der Waals surface area (Å²) < 4.78 is 54.4. The summed E-state index contributed by atoms with van der Waals surface area (Å²) in [6, 6.07) is 0. The minimum absolute atomic E-state index is 0.863. The van der Waals surface area contributed by atoms with Crippen LogP contribution in [0.3, 0.4) is 0 Å².